The molecule has 0 spiro atoms. The Morgan fingerprint density at radius 3 is 2.89 bits per heavy atom. The van der Waals surface area contributed by atoms with Crippen LogP contribution in [0.3, 0.4) is 0 Å². The number of hydrogen-bond acceptors (Lipinski definition) is 4. The Balaban J connectivity index is 2.19. The Bertz CT molecular complexity index is 559. The summed E-state index contributed by atoms with van der Waals surface area (Å²) in [6.45, 7) is 4.55. The van der Waals surface area contributed by atoms with E-state index in [2.05, 4.69) is 4.98 Å². The summed E-state index contributed by atoms with van der Waals surface area (Å²) >= 11 is 1.53. The van der Waals surface area contributed by atoms with Crippen molar-refractivity contribution >= 4 is 22.9 Å². The maximum atomic E-state index is 12.4. The first-order valence-electron chi connectivity index (χ1n) is 6.09. The molecule has 102 valence electrons. The zero-order chi connectivity index (χ0) is 14.0. The van der Waals surface area contributed by atoms with E-state index in [0.717, 1.165) is 5.69 Å². The Hall–Kier alpha value is -1.82. The standard InChI is InChI=1S/C13H18N4OS/c1-9(2)17-5-10(14)4-12(17)13(18)16(3)6-11-7-19-8-15-11/h4-5,7-9H,6,14H2,1-3H3. The molecule has 0 aliphatic heterocycles. The van der Waals surface area contributed by atoms with E-state index in [4.69, 9.17) is 5.73 Å². The Morgan fingerprint density at radius 1 is 1.58 bits per heavy atom. The lowest BCUT2D eigenvalue weighted by atomic mass is 10.3. The zero-order valence-electron chi connectivity index (χ0n) is 11.3. The van der Waals surface area contributed by atoms with Gasteiger partial charge in [-0.2, -0.15) is 0 Å². The highest BCUT2D eigenvalue weighted by Crippen LogP contribution is 2.18. The third-order valence-electron chi connectivity index (χ3n) is 2.87. The molecule has 0 atom stereocenters. The van der Waals surface area contributed by atoms with Gasteiger partial charge in [-0.1, -0.05) is 0 Å². The van der Waals surface area contributed by atoms with E-state index in [0.29, 0.717) is 17.9 Å². The monoisotopic (exact) mass is 278 g/mol. The third-order valence-corrected chi connectivity index (χ3v) is 3.51. The predicted octanol–water partition coefficient (Wildman–Crippen LogP) is 2.38. The SMILES string of the molecule is CC(C)n1cc(N)cc1C(=O)N(C)Cc1cscn1. The van der Waals surface area contributed by atoms with Crippen LogP contribution in [0.4, 0.5) is 5.69 Å². The number of thiazole rings is 1. The fourth-order valence-electron chi connectivity index (χ4n) is 1.93. The topological polar surface area (TPSA) is 64.2 Å². The predicted molar refractivity (Wildman–Crippen MR) is 77.1 cm³/mol. The Morgan fingerprint density at radius 2 is 2.32 bits per heavy atom. The molecule has 19 heavy (non-hydrogen) atoms. The molecule has 0 saturated carbocycles. The van der Waals surface area contributed by atoms with Crippen molar-refractivity contribution in [3.05, 3.63) is 34.5 Å². The molecule has 6 heteroatoms. The minimum atomic E-state index is -0.0431. The van der Waals surface area contributed by atoms with Crippen molar-refractivity contribution in [3.8, 4) is 0 Å². The Labute approximate surface area is 116 Å². The fourth-order valence-corrected chi connectivity index (χ4v) is 2.47. The van der Waals surface area contributed by atoms with Crippen LogP contribution >= 0.6 is 11.3 Å². The Kier molecular flexibility index (Phi) is 3.90. The van der Waals surface area contributed by atoms with Gasteiger partial charge in [0.2, 0.25) is 0 Å². The number of nitrogens with zero attached hydrogens (tertiary/aromatic N) is 3. The first-order chi connectivity index (χ1) is 8.99. The molecule has 0 unspecified atom stereocenters. The van der Waals surface area contributed by atoms with E-state index in [-0.39, 0.29) is 11.9 Å². The maximum Gasteiger partial charge on any atom is 0.270 e. The van der Waals surface area contributed by atoms with Crippen molar-refractivity contribution in [1.82, 2.24) is 14.5 Å². The number of amides is 1. The van der Waals surface area contributed by atoms with Gasteiger partial charge in [-0.3, -0.25) is 4.79 Å². The summed E-state index contributed by atoms with van der Waals surface area (Å²) in [6, 6.07) is 1.92. The molecule has 2 aromatic heterocycles. The van der Waals surface area contributed by atoms with E-state index in [1.54, 1.807) is 29.7 Å². The van der Waals surface area contributed by atoms with Crippen LogP contribution in [0.2, 0.25) is 0 Å². The van der Waals surface area contributed by atoms with Crippen LogP contribution < -0.4 is 5.73 Å². The molecular formula is C13H18N4OS. The van der Waals surface area contributed by atoms with Gasteiger partial charge in [-0.05, 0) is 19.9 Å². The average molecular weight is 278 g/mol. The highest BCUT2D eigenvalue weighted by atomic mass is 32.1. The molecule has 0 aliphatic rings. The summed E-state index contributed by atoms with van der Waals surface area (Å²) in [5.74, 6) is -0.0431. The van der Waals surface area contributed by atoms with E-state index in [1.807, 2.05) is 23.8 Å². The molecule has 2 rings (SSSR count). The van der Waals surface area contributed by atoms with Crippen molar-refractivity contribution in [2.75, 3.05) is 12.8 Å². The van der Waals surface area contributed by atoms with Gasteiger partial charge in [0.05, 0.1) is 23.4 Å². The first kappa shape index (κ1) is 13.6. The second kappa shape index (κ2) is 5.44. The summed E-state index contributed by atoms with van der Waals surface area (Å²) < 4.78 is 1.90. The summed E-state index contributed by atoms with van der Waals surface area (Å²) in [6.07, 6.45) is 1.80. The minimum Gasteiger partial charge on any atom is -0.397 e. The quantitative estimate of drug-likeness (QED) is 0.934. The van der Waals surface area contributed by atoms with Crippen LogP contribution in [0.5, 0.6) is 0 Å². The largest absolute Gasteiger partial charge is 0.397 e. The van der Waals surface area contributed by atoms with Crippen molar-refractivity contribution in [2.45, 2.75) is 26.4 Å². The van der Waals surface area contributed by atoms with E-state index >= 15 is 0 Å². The molecule has 0 saturated heterocycles. The molecule has 2 heterocycles. The van der Waals surface area contributed by atoms with Gasteiger partial charge in [0.1, 0.15) is 5.69 Å². The summed E-state index contributed by atoms with van der Waals surface area (Å²) in [7, 11) is 1.77. The second-order valence-corrected chi connectivity index (χ2v) is 5.52. The zero-order valence-corrected chi connectivity index (χ0v) is 12.1. The lowest BCUT2D eigenvalue weighted by molar-refractivity contribution is 0.0771. The number of anilines is 1. The number of nitrogens with two attached hydrogens (primary N) is 1. The molecule has 0 aromatic carbocycles. The highest BCUT2D eigenvalue weighted by Gasteiger charge is 2.19. The number of hydrogen-bond donors (Lipinski definition) is 1. The molecule has 0 fully saturated rings. The molecule has 2 N–H and O–H groups in total. The second-order valence-electron chi connectivity index (χ2n) is 4.80. The van der Waals surface area contributed by atoms with Crippen LogP contribution in [0.25, 0.3) is 0 Å². The van der Waals surface area contributed by atoms with Crippen LogP contribution in [-0.4, -0.2) is 27.4 Å². The van der Waals surface area contributed by atoms with Gasteiger partial charge in [0.15, 0.2) is 0 Å². The fraction of sp³-hybridized carbons (Fsp3) is 0.385. The van der Waals surface area contributed by atoms with Gasteiger partial charge in [0, 0.05) is 24.7 Å². The molecule has 5 nitrogen and oxygen atoms in total. The van der Waals surface area contributed by atoms with Gasteiger partial charge >= 0.3 is 0 Å². The van der Waals surface area contributed by atoms with Crippen LogP contribution in [-0.2, 0) is 6.54 Å². The van der Waals surface area contributed by atoms with Crippen LogP contribution in [0.1, 0.15) is 36.1 Å². The van der Waals surface area contributed by atoms with Gasteiger partial charge in [-0.25, -0.2) is 4.98 Å². The summed E-state index contributed by atoms with van der Waals surface area (Å²) in [5.41, 5.74) is 9.68. The van der Waals surface area contributed by atoms with Crippen molar-refractivity contribution in [1.29, 1.82) is 0 Å². The molecular weight excluding hydrogens is 260 g/mol. The van der Waals surface area contributed by atoms with Crippen LogP contribution in [0.15, 0.2) is 23.2 Å². The van der Waals surface area contributed by atoms with Crippen molar-refractivity contribution < 1.29 is 4.79 Å². The molecule has 2 aromatic rings. The average Bonchev–Trinajstić information content (AvgIpc) is 2.97. The van der Waals surface area contributed by atoms with Crippen molar-refractivity contribution in [3.63, 3.8) is 0 Å². The van der Waals surface area contributed by atoms with E-state index < -0.39 is 0 Å². The van der Waals surface area contributed by atoms with Crippen LogP contribution in [0, 0.1) is 0 Å². The normalized spacial score (nSPS) is 10.9. The number of aromatic nitrogens is 2. The van der Waals surface area contributed by atoms with E-state index in [1.165, 1.54) is 11.3 Å². The highest BCUT2D eigenvalue weighted by molar-refractivity contribution is 7.07. The number of carbonyl (C=O) groups is 1. The molecule has 1 amide bonds. The number of nitrogen functional groups attached to an aromatic ring is 1. The number of rotatable bonds is 4. The smallest absolute Gasteiger partial charge is 0.270 e. The van der Waals surface area contributed by atoms with Crippen molar-refractivity contribution in [2.24, 2.45) is 0 Å². The molecule has 0 aliphatic carbocycles. The number of carbonyl (C=O) groups excluding carboxylic acids is 1. The lowest BCUT2D eigenvalue weighted by Gasteiger charge is -2.18. The lowest BCUT2D eigenvalue weighted by Crippen LogP contribution is -2.28. The first-order valence-corrected chi connectivity index (χ1v) is 7.03. The third kappa shape index (κ3) is 2.96. The van der Waals surface area contributed by atoms with E-state index in [9.17, 15) is 4.79 Å². The van der Waals surface area contributed by atoms with Gasteiger partial charge in [0.25, 0.3) is 5.91 Å². The van der Waals surface area contributed by atoms with Gasteiger partial charge in [-0.15, -0.1) is 11.3 Å². The minimum absolute atomic E-state index is 0.0431. The molecule has 0 radical (unpaired) electrons. The summed E-state index contributed by atoms with van der Waals surface area (Å²) in [4.78, 5) is 18.3. The molecule has 0 bridgehead atoms. The maximum absolute atomic E-state index is 12.4. The van der Waals surface area contributed by atoms with Gasteiger partial charge < -0.3 is 15.2 Å². The summed E-state index contributed by atoms with van der Waals surface area (Å²) in [5, 5.41) is 1.94.